The van der Waals surface area contributed by atoms with Crippen molar-refractivity contribution in [2.24, 2.45) is 0 Å². The molecular weight excluding hydrogens is 298 g/mol. The molecule has 0 radical (unpaired) electrons. The molecule has 0 aliphatic heterocycles. The smallest absolute Gasteiger partial charge is 0.311 e. The third kappa shape index (κ3) is 3.62. The van der Waals surface area contributed by atoms with Gasteiger partial charge in [0.1, 0.15) is 5.82 Å². The lowest BCUT2D eigenvalue weighted by Crippen LogP contribution is -2.10. The van der Waals surface area contributed by atoms with Crippen LogP contribution >= 0.6 is 15.9 Å². The molecule has 0 aromatic carbocycles. The van der Waals surface area contributed by atoms with Crippen LogP contribution in [0.25, 0.3) is 0 Å². The van der Waals surface area contributed by atoms with E-state index in [-0.39, 0.29) is 34.6 Å². The lowest BCUT2D eigenvalue weighted by atomic mass is 10.2. The Morgan fingerprint density at radius 3 is 2.76 bits per heavy atom. The molecule has 0 unspecified atom stereocenters. The second-order valence-electron chi connectivity index (χ2n) is 3.18. The van der Waals surface area contributed by atoms with Crippen LogP contribution in [0.15, 0.2) is 10.5 Å². The topological polar surface area (TPSA) is 65.2 Å². The monoisotopic (exact) mass is 308 g/mol. The van der Waals surface area contributed by atoms with Crippen molar-refractivity contribution in [1.29, 1.82) is 0 Å². The molecule has 7 heteroatoms. The van der Waals surface area contributed by atoms with Crippen molar-refractivity contribution in [2.45, 2.75) is 19.8 Å². The second-order valence-corrected chi connectivity index (χ2v) is 4.03. The molecule has 94 valence electrons. The Labute approximate surface area is 105 Å². The predicted molar refractivity (Wildman–Crippen MR) is 61.6 cm³/mol. The number of pyridine rings is 1. The lowest BCUT2D eigenvalue weighted by Gasteiger charge is -2.09. The fourth-order valence-electron chi connectivity index (χ4n) is 1.26. The van der Waals surface area contributed by atoms with Crippen molar-refractivity contribution in [1.82, 2.24) is 4.98 Å². The van der Waals surface area contributed by atoms with E-state index in [1.807, 2.05) is 0 Å². The Bertz CT molecular complexity index is 404. The number of carbonyl (C=O) groups excluding carboxylic acids is 1. The van der Waals surface area contributed by atoms with E-state index >= 15 is 0 Å². The third-order valence-corrected chi connectivity index (χ3v) is 2.60. The molecule has 0 aliphatic carbocycles. The third-order valence-electron chi connectivity index (χ3n) is 1.94. The van der Waals surface area contributed by atoms with Gasteiger partial charge in [-0.1, -0.05) is 15.9 Å². The minimum Gasteiger partial charge on any atom is -0.466 e. The fourth-order valence-corrected chi connectivity index (χ4v) is 1.90. The van der Waals surface area contributed by atoms with E-state index in [2.05, 4.69) is 20.9 Å². The number of nitrogens with zero attached hydrogens (tertiary/aromatic N) is 1. The average molecular weight is 309 g/mol. The largest absolute Gasteiger partial charge is 0.466 e. The van der Waals surface area contributed by atoms with Crippen LogP contribution in [-0.4, -0.2) is 17.6 Å². The molecule has 2 N–H and O–H groups in total. The van der Waals surface area contributed by atoms with Gasteiger partial charge in [0.05, 0.1) is 24.3 Å². The molecule has 0 spiro atoms. The number of ether oxygens (including phenoxy) is 1. The van der Waals surface area contributed by atoms with Crippen molar-refractivity contribution in [2.75, 3.05) is 12.3 Å². The van der Waals surface area contributed by atoms with E-state index in [0.29, 0.717) is 0 Å². The summed E-state index contributed by atoms with van der Waals surface area (Å²) in [7, 11) is 0. The van der Waals surface area contributed by atoms with Gasteiger partial charge in [0, 0.05) is 4.47 Å². The first kappa shape index (κ1) is 13.8. The van der Waals surface area contributed by atoms with Gasteiger partial charge in [0.15, 0.2) is 0 Å². The van der Waals surface area contributed by atoms with E-state index in [9.17, 15) is 13.6 Å². The van der Waals surface area contributed by atoms with Gasteiger partial charge in [0.2, 0.25) is 0 Å². The Morgan fingerprint density at radius 2 is 2.29 bits per heavy atom. The zero-order valence-electron chi connectivity index (χ0n) is 9.04. The molecule has 0 saturated carbocycles. The molecule has 0 saturated heterocycles. The van der Waals surface area contributed by atoms with E-state index in [0.717, 1.165) is 0 Å². The molecule has 17 heavy (non-hydrogen) atoms. The molecule has 4 nitrogen and oxygen atoms in total. The molecule has 0 aliphatic rings. The highest BCUT2D eigenvalue weighted by Crippen LogP contribution is 2.31. The minimum absolute atomic E-state index is 0.0971. The first-order valence-electron chi connectivity index (χ1n) is 4.84. The van der Waals surface area contributed by atoms with Gasteiger partial charge < -0.3 is 10.5 Å². The first-order valence-corrected chi connectivity index (χ1v) is 5.63. The number of nitrogen functional groups attached to an aromatic ring is 1. The fraction of sp³-hybridized carbons (Fsp3) is 0.400. The summed E-state index contributed by atoms with van der Waals surface area (Å²) in [6, 6.07) is 1.34. The summed E-state index contributed by atoms with van der Waals surface area (Å²) in [4.78, 5) is 14.9. The molecule has 1 aromatic heterocycles. The Morgan fingerprint density at radius 1 is 1.65 bits per heavy atom. The van der Waals surface area contributed by atoms with Crippen LogP contribution in [0.1, 0.15) is 24.6 Å². The predicted octanol–water partition coefficient (Wildman–Crippen LogP) is 2.47. The summed E-state index contributed by atoms with van der Waals surface area (Å²) in [5, 5.41) is 0. The minimum atomic E-state index is -2.71. The van der Waals surface area contributed by atoms with Crippen LogP contribution in [0.5, 0.6) is 0 Å². The van der Waals surface area contributed by atoms with Crippen LogP contribution in [-0.2, 0) is 16.0 Å². The maximum atomic E-state index is 12.6. The number of halogens is 3. The van der Waals surface area contributed by atoms with Crippen molar-refractivity contribution in [3.8, 4) is 0 Å². The normalized spacial score (nSPS) is 10.6. The lowest BCUT2D eigenvalue weighted by molar-refractivity contribution is -0.142. The van der Waals surface area contributed by atoms with E-state index < -0.39 is 12.4 Å². The highest BCUT2D eigenvalue weighted by Gasteiger charge is 2.18. The summed E-state index contributed by atoms with van der Waals surface area (Å²) < 4.78 is 30.0. The zero-order valence-corrected chi connectivity index (χ0v) is 10.6. The van der Waals surface area contributed by atoms with Gasteiger partial charge in [-0.15, -0.1) is 0 Å². The summed E-state index contributed by atoms with van der Waals surface area (Å²) >= 11 is 2.98. The summed E-state index contributed by atoms with van der Waals surface area (Å²) in [5.41, 5.74) is 5.33. The maximum absolute atomic E-state index is 12.6. The van der Waals surface area contributed by atoms with Gasteiger partial charge in [0.25, 0.3) is 6.43 Å². The first-order chi connectivity index (χ1) is 7.95. The number of nitrogens with two attached hydrogens (primary N) is 1. The molecule has 0 fully saturated rings. The molecule has 0 amide bonds. The molecule has 0 atom stereocenters. The van der Waals surface area contributed by atoms with Crippen molar-refractivity contribution >= 4 is 27.7 Å². The van der Waals surface area contributed by atoms with Crippen LogP contribution in [0.2, 0.25) is 0 Å². The standard InChI is InChI=1S/C10H11BrF2N2O2/c1-2-17-7(16)4-5-3-6(11)8(9(12)13)10(14)15-5/h3,9H,2,4H2,1H3,(H2,14,15). The van der Waals surface area contributed by atoms with Crippen molar-refractivity contribution in [3.63, 3.8) is 0 Å². The van der Waals surface area contributed by atoms with E-state index in [4.69, 9.17) is 10.5 Å². The highest BCUT2D eigenvalue weighted by molar-refractivity contribution is 9.10. The van der Waals surface area contributed by atoms with Crippen LogP contribution in [0.4, 0.5) is 14.6 Å². The van der Waals surface area contributed by atoms with E-state index in [1.54, 1.807) is 6.92 Å². The quantitative estimate of drug-likeness (QED) is 0.868. The molecular formula is C10H11BrF2N2O2. The molecule has 1 rings (SSSR count). The summed E-state index contributed by atoms with van der Waals surface area (Å²) in [6.07, 6.45) is -2.81. The molecule has 0 bridgehead atoms. The van der Waals surface area contributed by atoms with Gasteiger partial charge in [-0.25, -0.2) is 13.8 Å². The van der Waals surface area contributed by atoms with Crippen molar-refractivity contribution in [3.05, 3.63) is 21.8 Å². The Balaban J connectivity index is 2.94. The number of anilines is 1. The SMILES string of the molecule is CCOC(=O)Cc1cc(Br)c(C(F)F)c(N)n1. The average Bonchev–Trinajstić information content (AvgIpc) is 2.15. The van der Waals surface area contributed by atoms with Gasteiger partial charge in [-0.05, 0) is 13.0 Å². The Kier molecular flexibility index (Phi) is 4.80. The maximum Gasteiger partial charge on any atom is 0.311 e. The van der Waals surface area contributed by atoms with Crippen LogP contribution in [0.3, 0.4) is 0 Å². The number of esters is 1. The van der Waals surface area contributed by atoms with Crippen LogP contribution in [0, 0.1) is 0 Å². The van der Waals surface area contributed by atoms with Crippen molar-refractivity contribution < 1.29 is 18.3 Å². The number of alkyl halides is 2. The van der Waals surface area contributed by atoms with Gasteiger partial charge in [-0.2, -0.15) is 0 Å². The number of rotatable bonds is 4. The highest BCUT2D eigenvalue weighted by atomic mass is 79.9. The summed E-state index contributed by atoms with van der Waals surface area (Å²) in [6.45, 7) is 1.93. The number of hydrogen-bond acceptors (Lipinski definition) is 4. The Hall–Kier alpha value is -1.24. The molecule has 1 heterocycles. The number of hydrogen-bond donors (Lipinski definition) is 1. The summed E-state index contributed by atoms with van der Waals surface area (Å²) in [5.74, 6) is -0.759. The van der Waals surface area contributed by atoms with E-state index in [1.165, 1.54) is 6.07 Å². The van der Waals surface area contributed by atoms with Crippen LogP contribution < -0.4 is 5.73 Å². The van der Waals surface area contributed by atoms with Gasteiger partial charge >= 0.3 is 5.97 Å². The molecule has 1 aromatic rings. The zero-order chi connectivity index (χ0) is 13.0. The number of aromatic nitrogens is 1. The van der Waals surface area contributed by atoms with Gasteiger partial charge in [-0.3, -0.25) is 4.79 Å². The number of carbonyl (C=O) groups is 1. The second kappa shape index (κ2) is 5.90.